The lowest BCUT2D eigenvalue weighted by molar-refractivity contribution is -0.173. The van der Waals surface area contributed by atoms with Crippen LogP contribution in [0.3, 0.4) is 0 Å². The van der Waals surface area contributed by atoms with Crippen LogP contribution in [0.15, 0.2) is 0 Å². The smallest absolute Gasteiger partial charge is 0.466 e. The van der Waals surface area contributed by atoms with Crippen LogP contribution < -0.4 is 16.0 Å². The van der Waals surface area contributed by atoms with Gasteiger partial charge in [-0.05, 0) is 121 Å². The molecule has 55 heteroatoms. The van der Waals surface area contributed by atoms with Gasteiger partial charge in [-0.1, -0.05) is 13.8 Å². The third-order valence-electron chi connectivity index (χ3n) is 15.4. The Kier molecular flexibility index (Phi) is 51.3. The van der Waals surface area contributed by atoms with Gasteiger partial charge in [-0.15, -0.1) is 0 Å². The summed E-state index contributed by atoms with van der Waals surface area (Å²) in [6, 6.07) is 3.29. The van der Waals surface area contributed by atoms with Gasteiger partial charge in [0.2, 0.25) is 0 Å². The molecule has 0 aromatic heterocycles. The van der Waals surface area contributed by atoms with Crippen LogP contribution in [0, 0.1) is 38.9 Å². The summed E-state index contributed by atoms with van der Waals surface area (Å²) in [5, 5.41) is 22.8. The number of phosphoric acid groups is 5. The van der Waals surface area contributed by atoms with Crippen LogP contribution >= 0.6 is 39.1 Å². The molecule has 0 rings (SSSR count). The molecule has 32 nitrogen and oxygen atoms in total. The largest absolute Gasteiger partial charge is 0.474 e. The first kappa shape index (κ1) is 111. The molecule has 0 spiro atoms. The average Bonchev–Trinajstić information content (AvgIpc) is 0.838. The molecule has 0 aliphatic rings. The molecule has 8 atom stereocenters. The zero-order chi connectivity index (χ0) is 88.2. The Morgan fingerprint density at radius 2 is 0.704 bits per heavy atom. The monoisotopic (exact) mass is 1820 g/mol. The molecule has 0 aromatic rings. The van der Waals surface area contributed by atoms with Crippen molar-refractivity contribution in [2.45, 2.75) is 212 Å². The normalized spacial score (nSPS) is 16.6. The lowest BCUT2D eigenvalue weighted by Crippen LogP contribution is -2.40. The van der Waals surface area contributed by atoms with Crippen molar-refractivity contribution in [1.82, 2.24) is 16.0 Å². The number of amides is 3. The molecule has 676 valence electrons. The highest BCUT2D eigenvalue weighted by molar-refractivity contribution is 7.49. The van der Waals surface area contributed by atoms with Gasteiger partial charge < -0.3 is 44.8 Å². The molecule has 115 heavy (non-hydrogen) atoms. The molecular formula is C60H98F18N5O27P5. The van der Waals surface area contributed by atoms with E-state index in [1.807, 2.05) is 0 Å². The van der Waals surface area contributed by atoms with Gasteiger partial charge in [0.25, 0.3) is 0 Å². The van der Waals surface area contributed by atoms with Crippen molar-refractivity contribution >= 4 is 62.8 Å². The van der Waals surface area contributed by atoms with E-state index in [2.05, 4.69) is 0 Å². The second-order valence-electron chi connectivity index (χ2n) is 25.8. The molecular weight excluding hydrogens is 1720 g/mol. The minimum Gasteiger partial charge on any atom is -0.466 e. The van der Waals surface area contributed by atoms with E-state index in [9.17, 15) is 136 Å². The number of unbranched alkanes of at least 4 members (excludes halogenated alkanes) is 2. The van der Waals surface area contributed by atoms with Crippen LogP contribution in [0.2, 0.25) is 0 Å². The van der Waals surface area contributed by atoms with E-state index in [0.717, 1.165) is 6.92 Å². The highest BCUT2D eigenvalue weighted by atomic mass is 31.2. The maximum atomic E-state index is 14.3. The first-order chi connectivity index (χ1) is 52.9. The van der Waals surface area contributed by atoms with E-state index < -0.39 is 350 Å². The van der Waals surface area contributed by atoms with Crippen molar-refractivity contribution in [2.75, 3.05) is 119 Å². The van der Waals surface area contributed by atoms with E-state index in [1.165, 1.54) is 20.8 Å². The van der Waals surface area contributed by atoms with Gasteiger partial charge in [-0.25, -0.2) is 22.8 Å². The number of phosphoric ester groups is 5. The molecule has 0 saturated carbocycles. The van der Waals surface area contributed by atoms with Gasteiger partial charge in [-0.2, -0.15) is 89.6 Å². The number of halogens is 18. The van der Waals surface area contributed by atoms with E-state index in [4.69, 9.17) is 79.0 Å². The number of hydrogen-bond acceptors (Lipinski definition) is 26. The van der Waals surface area contributed by atoms with Crippen LogP contribution in [-0.4, -0.2) is 206 Å². The topological polar surface area (TPSA) is 436 Å². The predicted molar refractivity (Wildman–Crippen MR) is 360 cm³/mol. The Bertz CT molecular complexity index is 3060. The quantitative estimate of drug-likeness (QED) is 0.0142. The molecule has 6 N–H and O–H groups in total. The van der Waals surface area contributed by atoms with E-state index in [1.54, 1.807) is 28.1 Å². The summed E-state index contributed by atoms with van der Waals surface area (Å²) in [5.41, 5.74) is -6.13. The fraction of sp³-hybridized carbons (Fsp3) is 0.900. The van der Waals surface area contributed by atoms with Gasteiger partial charge in [0, 0.05) is 50.7 Å². The van der Waals surface area contributed by atoms with Gasteiger partial charge in [-0.3, -0.25) is 73.5 Å². The highest BCUT2D eigenvalue weighted by Gasteiger charge is 2.45. The molecule has 0 saturated heterocycles. The number of nitrogens with one attached hydrogen (secondary N) is 3. The first-order valence-electron chi connectivity index (χ1n) is 35.2. The molecule has 0 bridgehead atoms. The molecule has 0 heterocycles. The lowest BCUT2D eigenvalue weighted by Gasteiger charge is -2.35. The van der Waals surface area contributed by atoms with Gasteiger partial charge in [0.05, 0.1) is 124 Å². The molecule has 0 aliphatic heterocycles. The fourth-order valence-corrected chi connectivity index (χ4v) is 15.3. The summed E-state index contributed by atoms with van der Waals surface area (Å²) in [4.78, 5) is 80.4. The molecule has 8 unspecified atom stereocenters. The number of nitrogens with zero attached hydrogens (tertiary/aromatic N) is 2. The maximum Gasteiger partial charge on any atom is 0.474 e. The van der Waals surface area contributed by atoms with Crippen LogP contribution in [0.4, 0.5) is 79.0 Å². The Morgan fingerprint density at radius 3 is 1.01 bits per heavy atom. The number of nitriles is 2. The minimum absolute atomic E-state index is 0.0183. The van der Waals surface area contributed by atoms with Gasteiger partial charge in [0.15, 0.2) is 0 Å². The number of ether oxygens (including phenoxy) is 3. The number of esters is 1. The van der Waals surface area contributed by atoms with E-state index in [0.29, 0.717) is 0 Å². The Labute approximate surface area is 650 Å². The van der Waals surface area contributed by atoms with Crippen molar-refractivity contribution in [3.63, 3.8) is 0 Å². The van der Waals surface area contributed by atoms with Crippen molar-refractivity contribution in [3.05, 3.63) is 0 Å². The number of alkyl halides is 18. The molecule has 3 amide bonds. The van der Waals surface area contributed by atoms with E-state index >= 15 is 0 Å². The number of carbonyl (C=O) groups is 4. The zero-order valence-corrected chi connectivity index (χ0v) is 67.3. The third kappa shape index (κ3) is 55.6. The Morgan fingerprint density at radius 1 is 0.383 bits per heavy atom. The summed E-state index contributed by atoms with van der Waals surface area (Å²) in [6.45, 7) is -11.8. The van der Waals surface area contributed by atoms with Crippen molar-refractivity contribution < 1.29 is 204 Å². The predicted octanol–water partition coefficient (Wildman–Crippen LogP) is 15.0. The Hall–Kier alpha value is -3.93. The second kappa shape index (κ2) is 53.1. The standard InChI is InChI=1S/C60H98F18N5O27P5/c1-5-48(84)98-33-9-8-10-34-101-111(88,89)106-41-52(4,42-107-112(90,91)109-46(39-104-114(94,99-6-2)102-35-17-28-79)37-96-44-53(19-11-25-55(61,62)63,20-12-26-56(64,65)66)21-13-27-57(67,68)69)43-108-113(92,93)110-47(40-105-115(95,100-7-3)103-36-18-29-80)38-97-45-54(22-14-30-81-49(85)58(70,71)72,23-15-31-82-50(86)59(73,74)75)24-16-32-83-51(87)60(76,77)78/h46-47H,5-27,30-45H2,1-4H3,(H,81,85)(H,82,86)(H,83,87)(H,88,89)(H,90,91)(H,92,93). The van der Waals surface area contributed by atoms with Crippen molar-refractivity contribution in [3.8, 4) is 12.1 Å². The minimum atomic E-state index is -6.00. The number of carbonyl (C=O) groups excluding carboxylic acids is 4. The van der Waals surface area contributed by atoms with Crippen molar-refractivity contribution in [1.29, 1.82) is 10.5 Å². The van der Waals surface area contributed by atoms with Gasteiger partial charge in [0.1, 0.15) is 12.2 Å². The SMILES string of the molecule is CCOP(=O)(OCCC#N)OCC(COCC(CCCNC(=O)C(F)(F)F)(CCCNC(=O)C(F)(F)F)CCCNC(=O)C(F)(F)F)OP(=O)(O)OCC(C)(COP(=O)(O)OCCCCCOC(=O)CC)COP(=O)(O)OC(COCC(CCCC(F)(F)F)(CCCC(F)(F)F)CCCC(F)(F)F)COP(=O)(OCC)OCCC#N. The van der Waals surface area contributed by atoms with Crippen LogP contribution in [-0.2, 0) is 110 Å². The number of hydrogen-bond donors (Lipinski definition) is 6. The summed E-state index contributed by atoms with van der Waals surface area (Å²) < 4.78 is 388. The van der Waals surface area contributed by atoms with Gasteiger partial charge >= 0.3 is 99.9 Å². The average molecular weight is 1820 g/mol. The van der Waals surface area contributed by atoms with Crippen molar-refractivity contribution in [2.24, 2.45) is 16.2 Å². The van der Waals surface area contributed by atoms with E-state index in [-0.39, 0.29) is 32.3 Å². The first-order valence-corrected chi connectivity index (χ1v) is 42.6. The lowest BCUT2D eigenvalue weighted by atomic mass is 9.75. The Balaban J connectivity index is 8.13. The third-order valence-corrected chi connectivity index (χ3v) is 21.5. The summed E-state index contributed by atoms with van der Waals surface area (Å²) >= 11 is 0. The molecule has 0 aromatic carbocycles. The molecule has 0 radical (unpaired) electrons. The highest BCUT2D eigenvalue weighted by Crippen LogP contribution is 2.55. The van der Waals surface area contributed by atoms with Crippen LogP contribution in [0.25, 0.3) is 0 Å². The second-order valence-corrected chi connectivity index (χ2v) is 33.4. The number of rotatable bonds is 66. The van der Waals surface area contributed by atoms with Crippen LogP contribution in [0.1, 0.15) is 163 Å². The molecule has 0 fully saturated rings. The zero-order valence-electron chi connectivity index (χ0n) is 62.8. The maximum absolute atomic E-state index is 14.3. The van der Waals surface area contributed by atoms with Crippen LogP contribution in [0.5, 0.6) is 0 Å². The summed E-state index contributed by atoms with van der Waals surface area (Å²) in [6.07, 6.45) is -48.4. The molecule has 0 aliphatic carbocycles. The fourth-order valence-electron chi connectivity index (χ4n) is 9.96. The summed E-state index contributed by atoms with van der Waals surface area (Å²) in [7, 11) is -27.2. The summed E-state index contributed by atoms with van der Waals surface area (Å²) in [5.74, 6) is -7.92.